The van der Waals surface area contributed by atoms with Crippen LogP contribution in [0.2, 0.25) is 0 Å². The normalized spacial score (nSPS) is 20.4. The molecule has 0 radical (unpaired) electrons. The van der Waals surface area contributed by atoms with Crippen molar-refractivity contribution < 1.29 is 0 Å². The van der Waals surface area contributed by atoms with Gasteiger partial charge < -0.3 is 0 Å². The smallest absolute Gasteiger partial charge is 0.00332 e. The number of hydrogen-bond acceptors (Lipinski definition) is 1. The lowest BCUT2D eigenvalue weighted by Crippen LogP contribution is -2.25. The van der Waals surface area contributed by atoms with Crippen LogP contribution in [0.5, 0.6) is 0 Å². The molecule has 0 bridgehead atoms. The average Bonchev–Trinajstić information content (AvgIpc) is 2.85. The Balaban J connectivity index is 1.37. The summed E-state index contributed by atoms with van der Waals surface area (Å²) in [6, 6.07) is 22.6. The fourth-order valence-corrected chi connectivity index (χ4v) is 7.66. The van der Waals surface area contributed by atoms with Crippen molar-refractivity contribution in [3.05, 3.63) is 71.8 Å². The molecule has 0 aromatic heterocycles. The van der Waals surface area contributed by atoms with Crippen molar-refractivity contribution in [3.63, 3.8) is 0 Å². The lowest BCUT2D eigenvalue weighted by molar-refractivity contribution is 0.261. The highest BCUT2D eigenvalue weighted by molar-refractivity contribution is 7.99. The molecule has 0 N–H and O–H groups in total. The minimum Gasteiger partial charge on any atom is -0.161 e. The van der Waals surface area contributed by atoms with Gasteiger partial charge in [-0.25, -0.2) is 0 Å². The lowest BCUT2D eigenvalue weighted by atomic mass is 9.78. The number of benzene rings is 2. The number of thioether (sulfide) groups is 1. The maximum absolute atomic E-state index is 2.35. The first-order valence-corrected chi connectivity index (χ1v) is 14.2. The van der Waals surface area contributed by atoms with E-state index >= 15 is 0 Å². The molecular weight excluding hydrogens is 392 g/mol. The van der Waals surface area contributed by atoms with Gasteiger partial charge in [-0.1, -0.05) is 125 Å². The SMILES string of the molecule is c1ccc(CC(CSCC(Cc2ccccc2)C2CCCCC2)C2CCCCC2)cc1. The van der Waals surface area contributed by atoms with Crippen molar-refractivity contribution in [3.8, 4) is 0 Å². The summed E-state index contributed by atoms with van der Waals surface area (Å²) in [4.78, 5) is 0. The van der Waals surface area contributed by atoms with Crippen molar-refractivity contribution in [2.75, 3.05) is 11.5 Å². The second kappa shape index (κ2) is 12.7. The summed E-state index contributed by atoms with van der Waals surface area (Å²) in [5, 5.41) is 0. The van der Waals surface area contributed by atoms with Gasteiger partial charge in [0.25, 0.3) is 0 Å². The summed E-state index contributed by atoms with van der Waals surface area (Å²) in [7, 11) is 0. The Kier molecular flexibility index (Phi) is 9.43. The summed E-state index contributed by atoms with van der Waals surface area (Å²) in [6.07, 6.45) is 17.2. The van der Waals surface area contributed by atoms with Crippen molar-refractivity contribution in [1.82, 2.24) is 0 Å². The minimum atomic E-state index is 0.858. The highest BCUT2D eigenvalue weighted by Gasteiger charge is 2.27. The maximum Gasteiger partial charge on any atom is -0.00332 e. The van der Waals surface area contributed by atoms with E-state index in [9.17, 15) is 0 Å². The summed E-state index contributed by atoms with van der Waals surface area (Å²) in [5.74, 6) is 6.33. The third-order valence-corrected chi connectivity index (χ3v) is 9.31. The van der Waals surface area contributed by atoms with E-state index in [1.54, 1.807) is 11.1 Å². The molecule has 0 amide bonds. The summed E-state index contributed by atoms with van der Waals surface area (Å²) >= 11 is 2.30. The van der Waals surface area contributed by atoms with Gasteiger partial charge in [0, 0.05) is 0 Å². The molecule has 4 rings (SSSR count). The van der Waals surface area contributed by atoms with Crippen LogP contribution < -0.4 is 0 Å². The van der Waals surface area contributed by atoms with E-state index in [1.165, 1.54) is 88.6 Å². The second-order valence-electron chi connectivity index (χ2n) is 10.2. The van der Waals surface area contributed by atoms with Gasteiger partial charge in [-0.05, 0) is 59.1 Å². The summed E-state index contributed by atoms with van der Waals surface area (Å²) < 4.78 is 0. The zero-order valence-electron chi connectivity index (χ0n) is 19.4. The van der Waals surface area contributed by atoms with E-state index in [0.717, 1.165) is 23.7 Å². The molecule has 31 heavy (non-hydrogen) atoms. The number of rotatable bonds is 10. The van der Waals surface area contributed by atoms with Gasteiger partial charge in [-0.2, -0.15) is 11.8 Å². The Morgan fingerprint density at radius 3 is 1.32 bits per heavy atom. The molecule has 0 saturated heterocycles. The van der Waals surface area contributed by atoms with E-state index in [1.807, 2.05) is 0 Å². The van der Waals surface area contributed by atoms with Crippen molar-refractivity contribution in [2.24, 2.45) is 23.7 Å². The van der Waals surface area contributed by atoms with Crippen LogP contribution in [0.25, 0.3) is 0 Å². The molecule has 0 aliphatic heterocycles. The molecule has 2 unspecified atom stereocenters. The third kappa shape index (κ3) is 7.41. The van der Waals surface area contributed by atoms with Gasteiger partial charge >= 0.3 is 0 Å². The fourth-order valence-electron chi connectivity index (χ4n) is 6.14. The monoisotopic (exact) mass is 434 g/mol. The minimum absolute atomic E-state index is 0.858. The van der Waals surface area contributed by atoms with Gasteiger partial charge in [0.15, 0.2) is 0 Å². The Morgan fingerprint density at radius 1 is 0.548 bits per heavy atom. The molecule has 2 aromatic carbocycles. The Morgan fingerprint density at radius 2 is 0.935 bits per heavy atom. The van der Waals surface area contributed by atoms with Crippen LogP contribution in [0.1, 0.15) is 75.3 Å². The zero-order valence-corrected chi connectivity index (χ0v) is 20.2. The van der Waals surface area contributed by atoms with Crippen molar-refractivity contribution >= 4 is 11.8 Å². The number of hydrogen-bond donors (Lipinski definition) is 0. The molecule has 168 valence electrons. The highest BCUT2D eigenvalue weighted by atomic mass is 32.2. The molecule has 1 heteroatoms. The van der Waals surface area contributed by atoms with E-state index in [0.29, 0.717) is 0 Å². The lowest BCUT2D eigenvalue weighted by Gasteiger charge is -2.33. The van der Waals surface area contributed by atoms with E-state index in [-0.39, 0.29) is 0 Å². The Labute approximate surface area is 195 Å². The molecule has 0 spiro atoms. The molecule has 0 heterocycles. The van der Waals surface area contributed by atoms with Crippen molar-refractivity contribution in [1.29, 1.82) is 0 Å². The first kappa shape index (κ1) is 23.0. The average molecular weight is 435 g/mol. The molecular formula is C30H42S. The first-order chi connectivity index (χ1) is 15.4. The quantitative estimate of drug-likeness (QED) is 0.361. The topological polar surface area (TPSA) is 0 Å². The van der Waals surface area contributed by atoms with Gasteiger partial charge in [-0.15, -0.1) is 0 Å². The van der Waals surface area contributed by atoms with Crippen LogP contribution in [0.3, 0.4) is 0 Å². The Bertz CT molecular complexity index is 649. The van der Waals surface area contributed by atoms with E-state index in [4.69, 9.17) is 0 Å². The first-order valence-electron chi connectivity index (χ1n) is 13.0. The third-order valence-electron chi connectivity index (χ3n) is 7.98. The maximum atomic E-state index is 2.35. The van der Waals surface area contributed by atoms with Crippen LogP contribution in [0, 0.1) is 23.7 Å². The van der Waals surface area contributed by atoms with Crippen LogP contribution in [0.15, 0.2) is 60.7 Å². The molecule has 0 nitrogen and oxygen atoms in total. The molecule has 2 aliphatic carbocycles. The molecule has 2 fully saturated rings. The Hall–Kier alpha value is -1.21. The molecule has 2 aliphatic rings. The van der Waals surface area contributed by atoms with Gasteiger partial charge in [0.05, 0.1) is 0 Å². The fraction of sp³-hybridized carbons (Fsp3) is 0.600. The standard InChI is InChI=1S/C30H42S/c1-5-13-25(14-6-1)21-29(27-17-9-3-10-18-27)23-31-24-30(28-19-11-4-12-20-28)22-26-15-7-2-8-16-26/h1-2,5-8,13-16,27-30H,3-4,9-12,17-24H2. The predicted molar refractivity (Wildman–Crippen MR) is 138 cm³/mol. The zero-order chi connectivity index (χ0) is 21.1. The van der Waals surface area contributed by atoms with Gasteiger partial charge in [0.2, 0.25) is 0 Å². The van der Waals surface area contributed by atoms with Crippen LogP contribution >= 0.6 is 11.8 Å². The van der Waals surface area contributed by atoms with E-state index < -0.39 is 0 Å². The predicted octanol–water partition coefficient (Wildman–Crippen LogP) is 8.60. The molecule has 2 saturated carbocycles. The summed E-state index contributed by atoms with van der Waals surface area (Å²) in [6.45, 7) is 0. The van der Waals surface area contributed by atoms with Crippen LogP contribution in [-0.4, -0.2) is 11.5 Å². The van der Waals surface area contributed by atoms with E-state index in [2.05, 4.69) is 72.4 Å². The second-order valence-corrected chi connectivity index (χ2v) is 11.3. The van der Waals surface area contributed by atoms with Crippen LogP contribution in [-0.2, 0) is 12.8 Å². The molecule has 2 atom stereocenters. The molecule has 2 aromatic rings. The largest absolute Gasteiger partial charge is 0.161 e. The highest BCUT2D eigenvalue weighted by Crippen LogP contribution is 2.37. The van der Waals surface area contributed by atoms with Gasteiger partial charge in [0.1, 0.15) is 0 Å². The van der Waals surface area contributed by atoms with Crippen LogP contribution in [0.4, 0.5) is 0 Å². The van der Waals surface area contributed by atoms with Crippen molar-refractivity contribution in [2.45, 2.75) is 77.0 Å². The summed E-state index contributed by atoms with van der Waals surface area (Å²) in [5.41, 5.74) is 3.10. The van der Waals surface area contributed by atoms with Gasteiger partial charge in [-0.3, -0.25) is 0 Å².